The van der Waals surface area contributed by atoms with Crippen molar-refractivity contribution in [3.05, 3.63) is 221 Å². The summed E-state index contributed by atoms with van der Waals surface area (Å²) >= 11 is 0. The third kappa shape index (κ3) is 4.95. The van der Waals surface area contributed by atoms with Gasteiger partial charge in [0.1, 0.15) is 28.9 Å². The maximum absolute atomic E-state index is 6.88. The van der Waals surface area contributed by atoms with Gasteiger partial charge in [-0.2, -0.15) is 0 Å². The Balaban J connectivity index is 1.03. The molecular formula is C50H34N2O2. The Kier molecular flexibility index (Phi) is 7.02. The van der Waals surface area contributed by atoms with Crippen LogP contribution in [0.4, 0.5) is 0 Å². The van der Waals surface area contributed by atoms with Crippen LogP contribution in [-0.2, 0) is 0 Å². The van der Waals surface area contributed by atoms with Gasteiger partial charge < -0.3 is 14.5 Å². The van der Waals surface area contributed by atoms with Crippen LogP contribution in [-0.4, -0.2) is 5.84 Å². The average molecular weight is 695 g/mol. The zero-order valence-corrected chi connectivity index (χ0v) is 29.3. The number of amidine groups is 1. The van der Waals surface area contributed by atoms with E-state index in [1.165, 1.54) is 33.4 Å². The van der Waals surface area contributed by atoms with Crippen molar-refractivity contribution in [2.24, 2.45) is 4.99 Å². The molecule has 0 saturated carbocycles. The Bertz CT molecular complexity index is 2850. The van der Waals surface area contributed by atoms with Crippen LogP contribution in [0.25, 0.3) is 44.3 Å². The van der Waals surface area contributed by atoms with Crippen LogP contribution < -0.4 is 10.1 Å². The van der Waals surface area contributed by atoms with Gasteiger partial charge in [-0.1, -0.05) is 158 Å². The second kappa shape index (κ2) is 12.4. The van der Waals surface area contributed by atoms with Crippen molar-refractivity contribution in [1.29, 1.82) is 0 Å². The van der Waals surface area contributed by atoms with Gasteiger partial charge in [-0.15, -0.1) is 0 Å². The van der Waals surface area contributed by atoms with Crippen LogP contribution >= 0.6 is 0 Å². The van der Waals surface area contributed by atoms with Crippen LogP contribution in [0.15, 0.2) is 191 Å². The van der Waals surface area contributed by atoms with Gasteiger partial charge in [-0.3, -0.25) is 0 Å². The third-order valence-corrected chi connectivity index (χ3v) is 11.1. The first-order valence-corrected chi connectivity index (χ1v) is 18.6. The molecule has 54 heavy (non-hydrogen) atoms. The van der Waals surface area contributed by atoms with Crippen LogP contribution in [0.1, 0.15) is 57.0 Å². The van der Waals surface area contributed by atoms with E-state index in [2.05, 4.69) is 163 Å². The lowest BCUT2D eigenvalue weighted by Gasteiger charge is -2.29. The smallest absolute Gasteiger partial charge is 0.143 e. The summed E-state index contributed by atoms with van der Waals surface area (Å²) in [5, 5.41) is 6.01. The van der Waals surface area contributed by atoms with E-state index in [9.17, 15) is 0 Å². The van der Waals surface area contributed by atoms with Crippen molar-refractivity contribution in [3.8, 4) is 16.9 Å². The molecule has 0 radical (unpaired) electrons. The van der Waals surface area contributed by atoms with E-state index in [0.29, 0.717) is 0 Å². The fourth-order valence-corrected chi connectivity index (χ4v) is 8.61. The Labute approximate surface area is 313 Å². The first-order valence-electron chi connectivity index (χ1n) is 18.6. The van der Waals surface area contributed by atoms with Crippen LogP contribution in [0.5, 0.6) is 5.75 Å². The van der Waals surface area contributed by atoms with Crippen LogP contribution in [0, 0.1) is 0 Å². The number of para-hydroxylation sites is 2. The minimum Gasteiger partial charge on any atom is -0.484 e. The number of hydrogen-bond acceptors (Lipinski definition) is 4. The molecule has 1 N–H and O–H groups in total. The Morgan fingerprint density at radius 2 is 1.22 bits per heavy atom. The molecule has 0 fully saturated rings. The SMILES string of the molecule is C1=C(c2ccccc2)N=C(c2ccccc2)NC1c1cccc(C2=CC3c4c(cccc4-c4cccc5c4oc4ccccc45)OC3c3ccccc32)c1. The van der Waals surface area contributed by atoms with E-state index in [0.717, 1.165) is 61.5 Å². The van der Waals surface area contributed by atoms with Crippen LogP contribution in [0.2, 0.25) is 0 Å². The Morgan fingerprint density at radius 3 is 2.11 bits per heavy atom. The molecule has 3 heterocycles. The fraction of sp³-hybridized carbons (Fsp3) is 0.0600. The summed E-state index contributed by atoms with van der Waals surface area (Å²) in [6.07, 6.45) is 4.56. The van der Waals surface area contributed by atoms with Crippen molar-refractivity contribution in [3.63, 3.8) is 0 Å². The summed E-state index contributed by atoms with van der Waals surface area (Å²) in [5.41, 5.74) is 14.3. The highest BCUT2D eigenvalue weighted by Gasteiger charge is 2.41. The summed E-state index contributed by atoms with van der Waals surface area (Å²) in [6.45, 7) is 0. The summed E-state index contributed by atoms with van der Waals surface area (Å²) in [6, 6.07) is 59.6. The van der Waals surface area contributed by atoms with Crippen LogP contribution in [0.3, 0.4) is 0 Å². The maximum atomic E-state index is 6.88. The molecule has 3 unspecified atom stereocenters. The summed E-state index contributed by atoms with van der Waals surface area (Å²) in [4.78, 5) is 5.10. The van der Waals surface area contributed by atoms with Gasteiger partial charge in [0.15, 0.2) is 0 Å². The van der Waals surface area contributed by atoms with Gasteiger partial charge in [0, 0.05) is 38.9 Å². The van der Waals surface area contributed by atoms with Gasteiger partial charge in [-0.05, 0) is 57.7 Å². The molecule has 0 saturated heterocycles. The minimum absolute atomic E-state index is 0.0126. The largest absolute Gasteiger partial charge is 0.484 e. The lowest BCUT2D eigenvalue weighted by molar-refractivity contribution is 0.223. The molecule has 8 aromatic rings. The highest BCUT2D eigenvalue weighted by atomic mass is 16.5. The number of nitrogens with one attached hydrogen (secondary N) is 1. The molecule has 2 aliphatic heterocycles. The minimum atomic E-state index is -0.125. The first kappa shape index (κ1) is 30.7. The van der Waals surface area contributed by atoms with Crippen molar-refractivity contribution < 1.29 is 9.15 Å². The van der Waals surface area contributed by atoms with E-state index in [1.807, 2.05) is 24.3 Å². The summed E-state index contributed by atoms with van der Waals surface area (Å²) in [7, 11) is 0. The molecule has 3 aliphatic rings. The standard InChI is InChI=1S/C50H34N2O2/c1-3-14-31(15-4-1)43-30-44(52-50(51-43)32-16-5-2-6-17-32)34-19-11-18-33(28-34)41-29-42-47-37(23-13-27-46(47)54-49(42)38-22-8-7-20-35(38)41)40-25-12-24-39-36-21-9-10-26-45(36)53-48(39)40/h1-30,42,44,49H,(H,51,52). The van der Waals surface area contributed by atoms with Crippen molar-refractivity contribution >= 4 is 39.0 Å². The quantitative estimate of drug-likeness (QED) is 0.195. The Morgan fingerprint density at radius 1 is 0.537 bits per heavy atom. The van der Waals surface area contributed by atoms with Gasteiger partial charge >= 0.3 is 0 Å². The molecule has 4 nitrogen and oxygen atoms in total. The highest BCUT2D eigenvalue weighted by molar-refractivity contribution is 6.10. The fourth-order valence-electron chi connectivity index (χ4n) is 8.61. The highest BCUT2D eigenvalue weighted by Crippen LogP contribution is 2.56. The molecule has 1 aromatic heterocycles. The van der Waals surface area contributed by atoms with Gasteiger partial charge in [0.25, 0.3) is 0 Å². The molecule has 0 amide bonds. The van der Waals surface area contributed by atoms with E-state index < -0.39 is 0 Å². The molecule has 3 atom stereocenters. The predicted octanol–water partition coefficient (Wildman–Crippen LogP) is 12.0. The second-order valence-electron chi connectivity index (χ2n) is 14.2. The normalized spacial score (nSPS) is 18.4. The van der Waals surface area contributed by atoms with E-state index in [-0.39, 0.29) is 18.1 Å². The van der Waals surface area contributed by atoms with Crippen molar-refractivity contribution in [1.82, 2.24) is 5.32 Å². The monoisotopic (exact) mass is 694 g/mol. The summed E-state index contributed by atoms with van der Waals surface area (Å²) in [5.74, 6) is 1.80. The van der Waals surface area contributed by atoms with Gasteiger partial charge in [0.2, 0.25) is 0 Å². The molecule has 0 bridgehead atoms. The molecule has 11 rings (SSSR count). The molecule has 1 aliphatic carbocycles. The van der Waals surface area contributed by atoms with Gasteiger partial charge in [0.05, 0.1) is 11.7 Å². The number of furan rings is 1. The number of benzene rings is 7. The van der Waals surface area contributed by atoms with E-state index in [1.54, 1.807) is 0 Å². The maximum Gasteiger partial charge on any atom is 0.143 e. The number of rotatable bonds is 5. The molecule has 256 valence electrons. The lowest BCUT2D eigenvalue weighted by atomic mass is 9.76. The number of ether oxygens (including phenoxy) is 1. The predicted molar refractivity (Wildman–Crippen MR) is 219 cm³/mol. The molecule has 7 aromatic carbocycles. The molecular weight excluding hydrogens is 661 g/mol. The molecule has 4 heteroatoms. The number of nitrogens with zero attached hydrogens (tertiary/aromatic N) is 1. The lowest BCUT2D eigenvalue weighted by Crippen LogP contribution is -2.31. The first-order chi connectivity index (χ1) is 26.8. The number of aliphatic imine (C=N–C) groups is 1. The van der Waals surface area contributed by atoms with E-state index in [4.69, 9.17) is 14.1 Å². The second-order valence-corrected chi connectivity index (χ2v) is 14.2. The zero-order valence-electron chi connectivity index (χ0n) is 29.3. The van der Waals surface area contributed by atoms with Crippen molar-refractivity contribution in [2.45, 2.75) is 18.1 Å². The molecule has 0 spiro atoms. The van der Waals surface area contributed by atoms with Gasteiger partial charge in [-0.25, -0.2) is 4.99 Å². The number of hydrogen-bond donors (Lipinski definition) is 1. The summed E-state index contributed by atoms with van der Waals surface area (Å²) < 4.78 is 13.4. The topological polar surface area (TPSA) is 46.8 Å². The number of fused-ring (bicyclic) bond motifs is 8. The van der Waals surface area contributed by atoms with E-state index >= 15 is 0 Å². The average Bonchev–Trinajstić information content (AvgIpc) is 3.83. The van der Waals surface area contributed by atoms with Crippen molar-refractivity contribution in [2.75, 3.05) is 0 Å². The third-order valence-electron chi connectivity index (χ3n) is 11.1. The Hall–Kier alpha value is -6.91. The zero-order chi connectivity index (χ0) is 35.6.